The van der Waals surface area contributed by atoms with Gasteiger partial charge in [0.2, 0.25) is 0 Å². The summed E-state index contributed by atoms with van der Waals surface area (Å²) in [7, 11) is 0. The third-order valence-electron chi connectivity index (χ3n) is 9.06. The number of carbonyl (C=O) groups excluding carboxylic acids is 1. The van der Waals surface area contributed by atoms with Gasteiger partial charge in [-0.1, -0.05) is 31.2 Å². The van der Waals surface area contributed by atoms with Gasteiger partial charge in [-0.15, -0.1) is 0 Å². The van der Waals surface area contributed by atoms with Crippen molar-refractivity contribution < 1.29 is 9.53 Å². The molecular weight excluding hydrogens is 384 g/mol. The maximum atomic E-state index is 12.9. The minimum Gasteiger partial charge on any atom is -0.462 e. The molecule has 5 atom stereocenters. The average molecular weight is 423 g/mol. The van der Waals surface area contributed by atoms with E-state index in [1.807, 2.05) is 0 Å². The zero-order valence-electron chi connectivity index (χ0n) is 19.5. The predicted molar refractivity (Wildman–Crippen MR) is 125 cm³/mol. The van der Waals surface area contributed by atoms with Crippen LogP contribution < -0.4 is 4.90 Å². The second kappa shape index (κ2) is 7.95. The molecule has 31 heavy (non-hydrogen) atoms. The minimum atomic E-state index is 0.0385. The quantitative estimate of drug-likeness (QED) is 0.520. The van der Waals surface area contributed by atoms with Crippen molar-refractivity contribution in [1.29, 1.82) is 0 Å². The number of fused-ring (bicyclic) bond motifs is 2. The van der Waals surface area contributed by atoms with Crippen LogP contribution in [-0.4, -0.2) is 49.7 Å². The summed E-state index contributed by atoms with van der Waals surface area (Å²) in [5, 5.41) is 0. The SMILES string of the molecule is C=C1CCC[C@@]2(C)C[C@H]3OC(=O)[C@@H](CN4CCN(c5cccc(C)c5C)CC4)[C@H]3C[C@@H]12. The first-order valence-electron chi connectivity index (χ1n) is 12.3. The lowest BCUT2D eigenvalue weighted by Gasteiger charge is -2.50. The molecule has 2 aliphatic carbocycles. The molecule has 0 radical (unpaired) electrons. The molecule has 4 fully saturated rings. The third-order valence-corrected chi connectivity index (χ3v) is 9.06. The number of allylic oxidation sites excluding steroid dienone is 1. The maximum Gasteiger partial charge on any atom is 0.310 e. The Bertz CT molecular complexity index is 872. The number of piperazine rings is 1. The Hall–Kier alpha value is -1.81. The van der Waals surface area contributed by atoms with Gasteiger partial charge in [0.25, 0.3) is 0 Å². The van der Waals surface area contributed by atoms with E-state index in [0.717, 1.165) is 52.0 Å². The molecule has 1 aromatic rings. The molecule has 2 saturated heterocycles. The number of ether oxygens (including phenoxy) is 1. The highest BCUT2D eigenvalue weighted by atomic mass is 16.6. The summed E-state index contributed by atoms with van der Waals surface area (Å²) in [5.74, 6) is 1.04. The summed E-state index contributed by atoms with van der Waals surface area (Å²) in [6.45, 7) is 16.2. The van der Waals surface area contributed by atoms with Crippen molar-refractivity contribution in [2.24, 2.45) is 23.2 Å². The molecule has 168 valence electrons. The first-order valence-corrected chi connectivity index (χ1v) is 12.3. The van der Waals surface area contributed by atoms with Crippen molar-refractivity contribution in [2.45, 2.75) is 59.0 Å². The zero-order valence-corrected chi connectivity index (χ0v) is 19.5. The zero-order chi connectivity index (χ0) is 21.8. The smallest absolute Gasteiger partial charge is 0.310 e. The van der Waals surface area contributed by atoms with E-state index in [2.05, 4.69) is 55.3 Å². The van der Waals surface area contributed by atoms with Crippen molar-refractivity contribution in [3.05, 3.63) is 41.5 Å². The van der Waals surface area contributed by atoms with E-state index in [1.54, 1.807) is 0 Å². The molecular formula is C27H38N2O2. The monoisotopic (exact) mass is 422 g/mol. The first-order chi connectivity index (χ1) is 14.9. The van der Waals surface area contributed by atoms with Gasteiger partial charge in [0.1, 0.15) is 6.10 Å². The molecule has 4 aliphatic rings. The molecule has 4 heteroatoms. The summed E-state index contributed by atoms with van der Waals surface area (Å²) < 4.78 is 5.98. The number of hydrogen-bond acceptors (Lipinski definition) is 4. The van der Waals surface area contributed by atoms with E-state index in [4.69, 9.17) is 4.74 Å². The lowest BCUT2D eigenvalue weighted by molar-refractivity contribution is -0.146. The molecule has 0 aromatic heterocycles. The van der Waals surface area contributed by atoms with Gasteiger partial charge in [0.05, 0.1) is 5.92 Å². The number of hydrogen-bond donors (Lipinski definition) is 0. The number of esters is 1. The number of benzene rings is 1. The lowest BCUT2D eigenvalue weighted by atomic mass is 9.55. The number of anilines is 1. The number of rotatable bonds is 3. The second-order valence-electron chi connectivity index (χ2n) is 10.9. The second-order valence-corrected chi connectivity index (χ2v) is 10.9. The van der Waals surface area contributed by atoms with Crippen LogP contribution in [0.25, 0.3) is 0 Å². The molecule has 4 nitrogen and oxygen atoms in total. The largest absolute Gasteiger partial charge is 0.462 e. The molecule has 2 aliphatic heterocycles. The third kappa shape index (κ3) is 3.71. The molecule has 0 N–H and O–H groups in total. The van der Waals surface area contributed by atoms with E-state index >= 15 is 0 Å². The van der Waals surface area contributed by atoms with Crippen LogP contribution in [0.15, 0.2) is 30.4 Å². The van der Waals surface area contributed by atoms with Crippen molar-refractivity contribution in [1.82, 2.24) is 4.90 Å². The standard InChI is InChI=1S/C27H38N2O2/c1-18-7-5-9-24(20(18)3)29-13-11-28(12-14-29)17-22-21-15-23-19(2)8-6-10-27(23,4)16-25(21)31-26(22)30/h5,7,9,21-23,25H,2,6,8,10-17H2,1,3-4H3/t21-,22+,23+,25-,27+/m1/s1. The fourth-order valence-electron chi connectivity index (χ4n) is 6.99. The molecule has 0 unspecified atom stereocenters. The topological polar surface area (TPSA) is 32.8 Å². The van der Waals surface area contributed by atoms with Crippen LogP contribution in [0, 0.1) is 37.0 Å². The van der Waals surface area contributed by atoms with Gasteiger partial charge < -0.3 is 9.64 Å². The highest BCUT2D eigenvalue weighted by Crippen LogP contribution is 2.56. The predicted octanol–water partition coefficient (Wildman–Crippen LogP) is 4.74. The minimum absolute atomic E-state index is 0.0385. The van der Waals surface area contributed by atoms with Crippen LogP contribution in [-0.2, 0) is 9.53 Å². The number of aryl methyl sites for hydroxylation is 1. The Morgan fingerprint density at radius 2 is 1.97 bits per heavy atom. The first kappa shape index (κ1) is 21.1. The van der Waals surface area contributed by atoms with Crippen molar-refractivity contribution in [2.75, 3.05) is 37.6 Å². The fourth-order valence-corrected chi connectivity index (χ4v) is 6.99. The Labute approximate surface area is 187 Å². The van der Waals surface area contributed by atoms with E-state index in [0.29, 0.717) is 11.8 Å². The Kier molecular flexibility index (Phi) is 5.40. The van der Waals surface area contributed by atoms with E-state index in [9.17, 15) is 4.79 Å². The van der Waals surface area contributed by atoms with E-state index in [1.165, 1.54) is 35.2 Å². The van der Waals surface area contributed by atoms with E-state index < -0.39 is 0 Å². The molecule has 0 spiro atoms. The molecule has 1 aromatic carbocycles. The van der Waals surface area contributed by atoms with Gasteiger partial charge >= 0.3 is 5.97 Å². The van der Waals surface area contributed by atoms with Crippen LogP contribution in [0.2, 0.25) is 0 Å². The fraction of sp³-hybridized carbons (Fsp3) is 0.667. The van der Waals surface area contributed by atoms with Gasteiger partial charge in [0.15, 0.2) is 0 Å². The van der Waals surface area contributed by atoms with Crippen LogP contribution in [0.4, 0.5) is 5.69 Å². The van der Waals surface area contributed by atoms with Crippen LogP contribution in [0.3, 0.4) is 0 Å². The normalized spacial score (nSPS) is 36.2. The van der Waals surface area contributed by atoms with Gasteiger partial charge in [-0.2, -0.15) is 0 Å². The van der Waals surface area contributed by atoms with Crippen LogP contribution in [0.5, 0.6) is 0 Å². The summed E-state index contributed by atoms with van der Waals surface area (Å²) in [6.07, 6.45) is 5.91. The molecule has 2 saturated carbocycles. The van der Waals surface area contributed by atoms with Gasteiger partial charge in [0, 0.05) is 44.3 Å². The van der Waals surface area contributed by atoms with Gasteiger partial charge in [-0.05, 0) is 74.5 Å². The molecule has 5 rings (SSSR count). The summed E-state index contributed by atoms with van der Waals surface area (Å²) in [5.41, 5.74) is 5.81. The van der Waals surface area contributed by atoms with E-state index in [-0.39, 0.29) is 23.4 Å². The Morgan fingerprint density at radius 3 is 2.74 bits per heavy atom. The number of nitrogens with zero attached hydrogens (tertiary/aromatic N) is 2. The van der Waals surface area contributed by atoms with Crippen molar-refractivity contribution in [3.8, 4) is 0 Å². The van der Waals surface area contributed by atoms with Crippen molar-refractivity contribution in [3.63, 3.8) is 0 Å². The maximum absolute atomic E-state index is 12.9. The summed E-state index contributed by atoms with van der Waals surface area (Å²) >= 11 is 0. The molecule has 0 bridgehead atoms. The van der Waals surface area contributed by atoms with Crippen molar-refractivity contribution >= 4 is 11.7 Å². The number of carbonyl (C=O) groups is 1. The molecule has 0 amide bonds. The Balaban J connectivity index is 1.23. The van der Waals surface area contributed by atoms with Crippen LogP contribution in [0.1, 0.15) is 50.2 Å². The summed E-state index contributed by atoms with van der Waals surface area (Å²) in [6, 6.07) is 6.59. The van der Waals surface area contributed by atoms with Gasteiger partial charge in [-0.3, -0.25) is 9.69 Å². The highest BCUT2D eigenvalue weighted by molar-refractivity contribution is 5.75. The Morgan fingerprint density at radius 1 is 1.19 bits per heavy atom. The highest BCUT2D eigenvalue weighted by Gasteiger charge is 2.55. The van der Waals surface area contributed by atoms with Crippen LogP contribution >= 0.6 is 0 Å². The van der Waals surface area contributed by atoms with Gasteiger partial charge in [-0.25, -0.2) is 0 Å². The summed E-state index contributed by atoms with van der Waals surface area (Å²) in [4.78, 5) is 17.9. The lowest BCUT2D eigenvalue weighted by Crippen LogP contribution is -2.50. The average Bonchev–Trinajstić information content (AvgIpc) is 3.03. The molecule has 2 heterocycles.